The van der Waals surface area contributed by atoms with Gasteiger partial charge in [-0.05, 0) is 54.6 Å². The third kappa shape index (κ3) is 4.40. The SMILES string of the molecule is CCC(=O)Oc1ccc(C(=O)Nc2ccc(-c3nc4ccccc4[nH]3)cc2)cc1OC. The van der Waals surface area contributed by atoms with E-state index in [0.717, 1.165) is 22.4 Å². The summed E-state index contributed by atoms with van der Waals surface area (Å²) in [4.78, 5) is 32.0. The monoisotopic (exact) mass is 415 g/mol. The van der Waals surface area contributed by atoms with Crippen LogP contribution in [0, 0.1) is 0 Å². The van der Waals surface area contributed by atoms with Gasteiger partial charge in [-0.1, -0.05) is 19.1 Å². The van der Waals surface area contributed by atoms with Crippen LogP contribution in [0.15, 0.2) is 66.7 Å². The number of aromatic nitrogens is 2. The fraction of sp³-hybridized carbons (Fsp3) is 0.125. The number of amides is 1. The van der Waals surface area contributed by atoms with Gasteiger partial charge >= 0.3 is 5.97 Å². The smallest absolute Gasteiger partial charge is 0.311 e. The van der Waals surface area contributed by atoms with Crippen molar-refractivity contribution in [2.75, 3.05) is 12.4 Å². The van der Waals surface area contributed by atoms with Crippen molar-refractivity contribution in [1.82, 2.24) is 9.97 Å². The van der Waals surface area contributed by atoms with E-state index in [1.54, 1.807) is 19.1 Å². The molecule has 0 fully saturated rings. The summed E-state index contributed by atoms with van der Waals surface area (Å²) >= 11 is 0. The normalized spacial score (nSPS) is 10.6. The minimum atomic E-state index is -0.375. The fourth-order valence-corrected chi connectivity index (χ4v) is 3.09. The zero-order valence-corrected chi connectivity index (χ0v) is 17.1. The van der Waals surface area contributed by atoms with Gasteiger partial charge in [0.2, 0.25) is 0 Å². The summed E-state index contributed by atoms with van der Waals surface area (Å²) in [6, 6.07) is 19.9. The number of para-hydroxylation sites is 2. The Balaban J connectivity index is 1.49. The number of methoxy groups -OCH3 is 1. The van der Waals surface area contributed by atoms with E-state index in [1.165, 1.54) is 13.2 Å². The van der Waals surface area contributed by atoms with Crippen LogP contribution in [0.1, 0.15) is 23.7 Å². The highest BCUT2D eigenvalue weighted by molar-refractivity contribution is 6.04. The van der Waals surface area contributed by atoms with E-state index in [-0.39, 0.29) is 24.0 Å². The van der Waals surface area contributed by atoms with Crippen molar-refractivity contribution < 1.29 is 19.1 Å². The Bertz CT molecular complexity index is 1210. The second kappa shape index (κ2) is 8.71. The molecule has 0 aliphatic carbocycles. The maximum Gasteiger partial charge on any atom is 0.311 e. The van der Waals surface area contributed by atoms with Gasteiger partial charge in [-0.25, -0.2) is 4.98 Å². The van der Waals surface area contributed by atoms with E-state index < -0.39 is 0 Å². The van der Waals surface area contributed by atoms with E-state index in [9.17, 15) is 9.59 Å². The second-order valence-electron chi connectivity index (χ2n) is 6.83. The van der Waals surface area contributed by atoms with Gasteiger partial charge in [0.25, 0.3) is 5.91 Å². The third-order valence-corrected chi connectivity index (χ3v) is 4.74. The molecule has 156 valence electrons. The van der Waals surface area contributed by atoms with E-state index in [0.29, 0.717) is 17.0 Å². The molecule has 0 saturated carbocycles. The molecule has 7 nitrogen and oxygen atoms in total. The Labute approximate surface area is 179 Å². The van der Waals surface area contributed by atoms with Crippen LogP contribution in [0.3, 0.4) is 0 Å². The summed E-state index contributed by atoms with van der Waals surface area (Å²) in [5.74, 6) is 0.681. The molecule has 0 aliphatic heterocycles. The molecule has 0 radical (unpaired) electrons. The Morgan fingerprint density at radius 1 is 1.00 bits per heavy atom. The average Bonchev–Trinajstić information content (AvgIpc) is 3.24. The lowest BCUT2D eigenvalue weighted by Gasteiger charge is -2.11. The number of carbonyl (C=O) groups excluding carboxylic acids is 2. The van der Waals surface area contributed by atoms with Crippen LogP contribution in [0.5, 0.6) is 11.5 Å². The summed E-state index contributed by atoms with van der Waals surface area (Å²) < 4.78 is 10.5. The van der Waals surface area contributed by atoms with E-state index in [2.05, 4.69) is 15.3 Å². The molecule has 7 heteroatoms. The number of nitrogens with zero attached hydrogens (tertiary/aromatic N) is 1. The highest BCUT2D eigenvalue weighted by atomic mass is 16.6. The number of aromatic amines is 1. The van der Waals surface area contributed by atoms with Gasteiger partial charge in [0, 0.05) is 23.2 Å². The maximum absolute atomic E-state index is 12.7. The van der Waals surface area contributed by atoms with Crippen molar-refractivity contribution in [2.45, 2.75) is 13.3 Å². The van der Waals surface area contributed by atoms with E-state index in [4.69, 9.17) is 9.47 Å². The number of fused-ring (bicyclic) bond motifs is 1. The largest absolute Gasteiger partial charge is 0.493 e. The summed E-state index contributed by atoms with van der Waals surface area (Å²) in [7, 11) is 1.46. The molecule has 4 aromatic rings. The number of ether oxygens (including phenoxy) is 2. The van der Waals surface area contributed by atoms with E-state index in [1.807, 2.05) is 48.5 Å². The topological polar surface area (TPSA) is 93.3 Å². The summed E-state index contributed by atoms with van der Waals surface area (Å²) in [5, 5.41) is 2.85. The van der Waals surface area contributed by atoms with Crippen molar-refractivity contribution >= 4 is 28.6 Å². The number of hydrogen-bond acceptors (Lipinski definition) is 5. The van der Waals surface area contributed by atoms with Gasteiger partial charge in [-0.3, -0.25) is 9.59 Å². The Kier molecular flexibility index (Phi) is 5.66. The summed E-state index contributed by atoms with van der Waals surface area (Å²) in [5.41, 5.74) is 3.81. The molecular weight excluding hydrogens is 394 g/mol. The van der Waals surface area contributed by atoms with Crippen molar-refractivity contribution in [2.24, 2.45) is 0 Å². The third-order valence-electron chi connectivity index (χ3n) is 4.74. The van der Waals surface area contributed by atoms with Gasteiger partial charge in [-0.15, -0.1) is 0 Å². The van der Waals surface area contributed by atoms with Crippen LogP contribution < -0.4 is 14.8 Å². The molecule has 1 aromatic heterocycles. The number of H-pyrrole nitrogens is 1. The summed E-state index contributed by atoms with van der Waals surface area (Å²) in [6.45, 7) is 1.70. The van der Waals surface area contributed by atoms with E-state index >= 15 is 0 Å². The first-order valence-electron chi connectivity index (χ1n) is 9.82. The first-order chi connectivity index (χ1) is 15.1. The van der Waals surface area contributed by atoms with Gasteiger partial charge in [0.05, 0.1) is 18.1 Å². The van der Waals surface area contributed by atoms with Crippen LogP contribution in [0.25, 0.3) is 22.4 Å². The molecule has 2 N–H and O–H groups in total. The van der Waals surface area contributed by atoms with Gasteiger partial charge in [0.1, 0.15) is 5.82 Å². The number of benzene rings is 3. The molecule has 0 bridgehead atoms. The molecule has 0 saturated heterocycles. The lowest BCUT2D eigenvalue weighted by atomic mass is 10.1. The van der Waals surface area contributed by atoms with Crippen LogP contribution in [-0.2, 0) is 4.79 Å². The number of hydrogen-bond donors (Lipinski definition) is 2. The van der Waals surface area contributed by atoms with Gasteiger partial charge < -0.3 is 19.8 Å². The number of carbonyl (C=O) groups is 2. The summed E-state index contributed by atoms with van der Waals surface area (Å²) in [6.07, 6.45) is 0.245. The molecule has 0 aliphatic rings. The minimum Gasteiger partial charge on any atom is -0.493 e. The molecule has 3 aromatic carbocycles. The number of imidazole rings is 1. The average molecular weight is 415 g/mol. The number of nitrogens with one attached hydrogen (secondary N) is 2. The molecule has 4 rings (SSSR count). The minimum absolute atomic E-state index is 0.245. The lowest BCUT2D eigenvalue weighted by molar-refractivity contribution is -0.134. The molecule has 1 heterocycles. The molecule has 1 amide bonds. The van der Waals surface area contributed by atoms with Crippen molar-refractivity contribution in [3.05, 3.63) is 72.3 Å². The molecule has 31 heavy (non-hydrogen) atoms. The quantitative estimate of drug-likeness (QED) is 0.348. The van der Waals surface area contributed by atoms with Gasteiger partial charge in [-0.2, -0.15) is 0 Å². The predicted molar refractivity (Wildman–Crippen MR) is 118 cm³/mol. The van der Waals surface area contributed by atoms with Crippen molar-refractivity contribution in [1.29, 1.82) is 0 Å². The maximum atomic E-state index is 12.7. The molecule has 0 unspecified atom stereocenters. The van der Waals surface area contributed by atoms with Crippen molar-refractivity contribution in [3.8, 4) is 22.9 Å². The van der Waals surface area contributed by atoms with Crippen LogP contribution in [0.4, 0.5) is 5.69 Å². The zero-order chi connectivity index (χ0) is 21.8. The van der Waals surface area contributed by atoms with Crippen LogP contribution in [0.2, 0.25) is 0 Å². The van der Waals surface area contributed by atoms with Gasteiger partial charge in [0.15, 0.2) is 11.5 Å². The van der Waals surface area contributed by atoms with Crippen LogP contribution in [-0.4, -0.2) is 29.0 Å². The Morgan fingerprint density at radius 2 is 1.77 bits per heavy atom. The highest BCUT2D eigenvalue weighted by Gasteiger charge is 2.14. The first-order valence-corrected chi connectivity index (χ1v) is 9.82. The van der Waals surface area contributed by atoms with Crippen LogP contribution >= 0.6 is 0 Å². The predicted octanol–water partition coefficient (Wildman–Crippen LogP) is 4.81. The lowest BCUT2D eigenvalue weighted by Crippen LogP contribution is -2.12. The highest BCUT2D eigenvalue weighted by Crippen LogP contribution is 2.29. The number of rotatable bonds is 6. The molecule has 0 spiro atoms. The number of esters is 1. The zero-order valence-electron chi connectivity index (χ0n) is 17.1. The Hall–Kier alpha value is -4.13. The number of anilines is 1. The fourth-order valence-electron chi connectivity index (χ4n) is 3.09. The van der Waals surface area contributed by atoms with Crippen molar-refractivity contribution in [3.63, 3.8) is 0 Å². The second-order valence-corrected chi connectivity index (χ2v) is 6.83. The molecule has 0 atom stereocenters. The standard InChI is InChI=1S/C24H21N3O4/c1-3-22(28)31-20-13-10-16(14-21(20)30-2)24(29)25-17-11-8-15(9-12-17)23-26-18-6-4-5-7-19(18)27-23/h4-14H,3H2,1-2H3,(H,25,29)(H,26,27). The molecular formula is C24H21N3O4. The first kappa shape index (κ1) is 20.2. The Morgan fingerprint density at radius 3 is 2.48 bits per heavy atom.